The van der Waals surface area contributed by atoms with Gasteiger partial charge in [0.25, 0.3) is 0 Å². The highest BCUT2D eigenvalue weighted by Crippen LogP contribution is 2.27. The first-order valence-corrected chi connectivity index (χ1v) is 32.3. The summed E-state index contributed by atoms with van der Waals surface area (Å²) in [6.07, 6.45) is 50.0. The second-order valence-corrected chi connectivity index (χ2v) is 22.4. The molecule has 0 saturated carbocycles. The van der Waals surface area contributed by atoms with Gasteiger partial charge in [-0.2, -0.15) is 0 Å². The number of carboxylic acids is 1. The first-order chi connectivity index (χ1) is 37.6. The topological polar surface area (TPSA) is 175 Å². The highest BCUT2D eigenvalue weighted by Gasteiger charge is 2.50. The van der Waals surface area contributed by atoms with Crippen molar-refractivity contribution in [2.75, 3.05) is 13.2 Å². The molecule has 0 aromatic rings. The molecule has 6 unspecified atom stereocenters. The van der Waals surface area contributed by atoms with Crippen molar-refractivity contribution in [2.45, 2.75) is 353 Å². The molecule has 0 aromatic heterocycles. The predicted octanol–water partition coefficient (Wildman–Crippen LogP) is 17.0. The third-order valence-corrected chi connectivity index (χ3v) is 15.0. The molecule has 6 atom stereocenters. The Bertz CT molecular complexity index is 1430. The SMILES string of the molecule is CCC/C=C\C/C=C\CCCCCCCC(=O)OC(COC(=O)CCCCCCCCCCCCCCCCCCC)COC1OC(C(=O)O)C(O)C(O)C1OC(=O)CCCCCCCCCCCCCCCCCCC. The van der Waals surface area contributed by atoms with E-state index in [4.69, 9.17) is 23.7 Å². The molecule has 0 amide bonds. The van der Waals surface area contributed by atoms with Crippen LogP contribution in [0.4, 0.5) is 0 Å². The van der Waals surface area contributed by atoms with Crippen LogP contribution in [0.25, 0.3) is 0 Å². The maximum atomic E-state index is 13.2. The minimum absolute atomic E-state index is 0.0662. The van der Waals surface area contributed by atoms with Crippen LogP contribution in [0.1, 0.15) is 316 Å². The van der Waals surface area contributed by atoms with Gasteiger partial charge in [0.15, 0.2) is 24.6 Å². The van der Waals surface area contributed by atoms with Crippen molar-refractivity contribution < 1.29 is 58.2 Å². The van der Waals surface area contributed by atoms with Crippen LogP contribution < -0.4 is 0 Å². The van der Waals surface area contributed by atoms with Crippen molar-refractivity contribution in [3.8, 4) is 0 Å². The van der Waals surface area contributed by atoms with Crippen molar-refractivity contribution in [1.82, 2.24) is 0 Å². The molecule has 1 heterocycles. The van der Waals surface area contributed by atoms with E-state index in [0.717, 1.165) is 89.9 Å². The van der Waals surface area contributed by atoms with Crippen molar-refractivity contribution in [3.05, 3.63) is 24.3 Å². The Kier molecular flexibility index (Phi) is 50.5. The Morgan fingerprint density at radius 2 is 0.805 bits per heavy atom. The molecule has 0 aromatic carbocycles. The van der Waals surface area contributed by atoms with Crippen LogP contribution in [0.2, 0.25) is 0 Å². The van der Waals surface area contributed by atoms with Crippen LogP contribution in [0.15, 0.2) is 24.3 Å². The number of carbonyl (C=O) groups excluding carboxylic acids is 3. The van der Waals surface area contributed by atoms with Crippen molar-refractivity contribution >= 4 is 23.9 Å². The number of ether oxygens (including phenoxy) is 5. The molecule has 1 saturated heterocycles. The van der Waals surface area contributed by atoms with Crippen LogP contribution in [0.3, 0.4) is 0 Å². The maximum Gasteiger partial charge on any atom is 0.335 e. The van der Waals surface area contributed by atoms with E-state index in [1.807, 2.05) is 0 Å². The fraction of sp³-hybridized carbons (Fsp3) is 0.877. The number of carbonyl (C=O) groups is 4. The monoisotopic (exact) mass is 1090 g/mol. The second-order valence-electron chi connectivity index (χ2n) is 22.4. The highest BCUT2D eigenvalue weighted by atomic mass is 16.7. The fourth-order valence-corrected chi connectivity index (χ4v) is 10.1. The summed E-state index contributed by atoms with van der Waals surface area (Å²) in [6.45, 7) is 5.97. The summed E-state index contributed by atoms with van der Waals surface area (Å²) in [6, 6.07) is 0. The Morgan fingerprint density at radius 3 is 1.22 bits per heavy atom. The van der Waals surface area contributed by atoms with E-state index in [9.17, 15) is 34.5 Å². The number of aliphatic carboxylic acids is 1. The molecule has 0 radical (unpaired) electrons. The molecule has 0 spiro atoms. The third-order valence-electron chi connectivity index (χ3n) is 15.0. The molecule has 0 aliphatic carbocycles. The predicted molar refractivity (Wildman–Crippen MR) is 313 cm³/mol. The van der Waals surface area contributed by atoms with Crippen LogP contribution >= 0.6 is 0 Å². The molecule has 3 N–H and O–H groups in total. The number of aliphatic hydroxyl groups is 2. The van der Waals surface area contributed by atoms with Crippen molar-refractivity contribution in [1.29, 1.82) is 0 Å². The van der Waals surface area contributed by atoms with E-state index in [0.29, 0.717) is 19.3 Å². The average Bonchev–Trinajstić information content (AvgIpc) is 3.42. The molecule has 1 aliphatic heterocycles. The van der Waals surface area contributed by atoms with Gasteiger partial charge in [-0.15, -0.1) is 0 Å². The normalized spacial score (nSPS) is 18.1. The summed E-state index contributed by atoms with van der Waals surface area (Å²) in [5.41, 5.74) is 0. The summed E-state index contributed by atoms with van der Waals surface area (Å²) in [5.74, 6) is -3.10. The van der Waals surface area contributed by atoms with E-state index in [1.54, 1.807) is 0 Å². The van der Waals surface area contributed by atoms with Crippen LogP contribution in [0, 0.1) is 0 Å². The van der Waals surface area contributed by atoms with Gasteiger partial charge in [-0.25, -0.2) is 4.79 Å². The summed E-state index contributed by atoms with van der Waals surface area (Å²) in [7, 11) is 0. The lowest BCUT2D eigenvalue weighted by Crippen LogP contribution is -2.61. The fourth-order valence-electron chi connectivity index (χ4n) is 10.1. The van der Waals surface area contributed by atoms with E-state index in [-0.39, 0.29) is 25.9 Å². The van der Waals surface area contributed by atoms with Gasteiger partial charge in [0.1, 0.15) is 18.8 Å². The molecule has 77 heavy (non-hydrogen) atoms. The minimum Gasteiger partial charge on any atom is -0.479 e. The Hall–Kier alpha value is -2.80. The number of allylic oxidation sites excluding steroid dienone is 4. The molecular formula is C65H118O12. The first kappa shape index (κ1) is 72.2. The van der Waals surface area contributed by atoms with E-state index in [1.165, 1.54) is 167 Å². The standard InChI is InChI=1S/C65H118O12/c1-4-7-10-13-16-19-22-25-27-29-31-34-36-39-42-45-48-51-57(66)73-54-56(75-58(67)52-49-46-43-40-37-33-24-21-18-15-12-9-6-3)55-74-65-63(61(70)60(69)62(77-65)64(71)72)76-59(68)53-50-47-44-41-38-35-32-30-28-26-23-20-17-14-11-8-5-2/h12,15,21,24,56,60-63,65,69-70H,4-11,13-14,16-20,22-23,25-55H2,1-3H3,(H,71,72)/b15-12-,24-21-. The summed E-state index contributed by atoms with van der Waals surface area (Å²) >= 11 is 0. The quantitative estimate of drug-likeness (QED) is 0.0228. The lowest BCUT2D eigenvalue weighted by molar-refractivity contribution is -0.301. The third kappa shape index (κ3) is 43.7. The number of esters is 3. The zero-order valence-corrected chi connectivity index (χ0v) is 49.7. The van der Waals surface area contributed by atoms with Gasteiger partial charge in [0.05, 0.1) is 6.61 Å². The number of rotatable bonds is 56. The van der Waals surface area contributed by atoms with Gasteiger partial charge in [-0.1, -0.05) is 276 Å². The van der Waals surface area contributed by atoms with Crippen LogP contribution in [-0.2, 0) is 42.9 Å². The van der Waals surface area contributed by atoms with Gasteiger partial charge in [-0.05, 0) is 44.9 Å². The number of carboxylic acid groups (broad SMARTS) is 1. The molecule has 12 heteroatoms. The number of hydrogen-bond donors (Lipinski definition) is 3. The van der Waals surface area contributed by atoms with E-state index < -0.39 is 67.3 Å². The molecule has 450 valence electrons. The van der Waals surface area contributed by atoms with Gasteiger partial charge in [-0.3, -0.25) is 14.4 Å². The van der Waals surface area contributed by atoms with Gasteiger partial charge in [0, 0.05) is 19.3 Å². The van der Waals surface area contributed by atoms with E-state index >= 15 is 0 Å². The van der Waals surface area contributed by atoms with Crippen LogP contribution in [0.5, 0.6) is 0 Å². The van der Waals surface area contributed by atoms with E-state index in [2.05, 4.69) is 45.1 Å². The smallest absolute Gasteiger partial charge is 0.335 e. The Balaban J connectivity index is 2.63. The molecule has 1 rings (SSSR count). The first-order valence-electron chi connectivity index (χ1n) is 32.3. The maximum absolute atomic E-state index is 13.2. The molecule has 1 aliphatic rings. The minimum atomic E-state index is -1.90. The van der Waals surface area contributed by atoms with Crippen LogP contribution in [-0.4, -0.2) is 89.2 Å². The lowest BCUT2D eigenvalue weighted by Gasteiger charge is -2.40. The zero-order valence-electron chi connectivity index (χ0n) is 49.7. The summed E-state index contributed by atoms with van der Waals surface area (Å²) in [4.78, 5) is 51.2. The molecular weight excluding hydrogens is 973 g/mol. The highest BCUT2D eigenvalue weighted by molar-refractivity contribution is 5.74. The number of aliphatic hydroxyl groups excluding tert-OH is 2. The average molecular weight is 1090 g/mol. The zero-order chi connectivity index (χ0) is 56.1. The molecule has 0 bridgehead atoms. The lowest BCUT2D eigenvalue weighted by atomic mass is 9.98. The van der Waals surface area contributed by atoms with Gasteiger partial charge >= 0.3 is 23.9 Å². The Labute approximate surface area is 470 Å². The Morgan fingerprint density at radius 1 is 0.429 bits per heavy atom. The number of hydrogen-bond acceptors (Lipinski definition) is 11. The summed E-state index contributed by atoms with van der Waals surface area (Å²) < 4.78 is 28.5. The second kappa shape index (κ2) is 53.8. The summed E-state index contributed by atoms with van der Waals surface area (Å²) in [5, 5.41) is 31.6. The molecule has 1 fully saturated rings. The van der Waals surface area contributed by atoms with Gasteiger partial charge in [0.2, 0.25) is 0 Å². The number of unbranched alkanes of at least 4 members (excludes halogenated alkanes) is 38. The van der Waals surface area contributed by atoms with Crippen molar-refractivity contribution in [3.63, 3.8) is 0 Å². The largest absolute Gasteiger partial charge is 0.479 e. The van der Waals surface area contributed by atoms with Gasteiger partial charge < -0.3 is 39.0 Å². The molecule has 12 nitrogen and oxygen atoms in total. The van der Waals surface area contributed by atoms with Crippen molar-refractivity contribution in [2.24, 2.45) is 0 Å².